The zero-order valence-electron chi connectivity index (χ0n) is 20.5. The van der Waals surface area contributed by atoms with Crippen molar-refractivity contribution in [3.63, 3.8) is 0 Å². The molecule has 8 heteroatoms. The molecule has 0 unspecified atom stereocenters. The molecule has 0 fully saturated rings. The smallest absolute Gasteiger partial charge is 0.168 e. The molecule has 0 saturated heterocycles. The Balaban J connectivity index is 1.54. The second kappa shape index (κ2) is 10.4. The Morgan fingerprint density at radius 3 is 2.59 bits per heavy atom. The number of hydrogen-bond acceptors (Lipinski definition) is 5. The van der Waals surface area contributed by atoms with Crippen LogP contribution in [0.2, 0.25) is 0 Å². The number of nitrogens with zero attached hydrogens (tertiary/aromatic N) is 2. The fourth-order valence-corrected chi connectivity index (χ4v) is 4.39. The summed E-state index contributed by atoms with van der Waals surface area (Å²) in [6.45, 7) is 2.17. The third-order valence-corrected chi connectivity index (χ3v) is 6.20. The van der Waals surface area contributed by atoms with Crippen molar-refractivity contribution >= 4 is 10.9 Å². The Morgan fingerprint density at radius 1 is 1.00 bits per heavy atom. The lowest BCUT2D eigenvalue weighted by atomic mass is 9.97. The number of benzene rings is 3. The van der Waals surface area contributed by atoms with E-state index in [0.717, 1.165) is 33.8 Å². The van der Waals surface area contributed by atoms with E-state index in [1.165, 1.54) is 19.4 Å². The van der Waals surface area contributed by atoms with Gasteiger partial charge in [0.1, 0.15) is 18.2 Å². The molecule has 0 bridgehead atoms. The Labute approximate surface area is 213 Å². The van der Waals surface area contributed by atoms with Gasteiger partial charge in [0, 0.05) is 28.6 Å². The molecule has 0 aliphatic rings. The van der Waals surface area contributed by atoms with Crippen molar-refractivity contribution in [1.29, 1.82) is 0 Å². The van der Waals surface area contributed by atoms with Gasteiger partial charge < -0.3 is 15.2 Å². The number of aromatic nitrogens is 3. The molecule has 0 amide bonds. The van der Waals surface area contributed by atoms with Gasteiger partial charge in [0.15, 0.2) is 11.6 Å². The standard InChI is InChI=1S/C29H26F2N4O2/c1-17-23-11-19(8-9-27(23)35-34-17)24-14-22(37-16-21(32)10-18-6-4-3-5-7-18)15-33-28(24)25-12-20(30)13-26(31)29(25)36-2/h3-9,11-15,21H,10,16,32H2,1-2H3,(H,34,35)/t21-/m0/s1. The minimum absolute atomic E-state index is 0.0886. The highest BCUT2D eigenvalue weighted by molar-refractivity contribution is 5.91. The Hall–Kier alpha value is -4.30. The molecule has 37 heavy (non-hydrogen) atoms. The first kappa shape index (κ1) is 24.4. The molecule has 3 N–H and O–H groups in total. The van der Waals surface area contributed by atoms with Crippen LogP contribution in [0.25, 0.3) is 33.3 Å². The van der Waals surface area contributed by atoms with Crippen LogP contribution in [0.4, 0.5) is 8.78 Å². The van der Waals surface area contributed by atoms with Crippen LogP contribution in [0.15, 0.2) is 72.9 Å². The number of methoxy groups -OCH3 is 1. The molecule has 188 valence electrons. The topological polar surface area (TPSA) is 86.0 Å². The summed E-state index contributed by atoms with van der Waals surface area (Å²) in [5, 5.41) is 8.18. The normalized spacial score (nSPS) is 12.0. The minimum Gasteiger partial charge on any atom is -0.493 e. The van der Waals surface area contributed by atoms with E-state index in [1.807, 2.05) is 55.5 Å². The van der Waals surface area contributed by atoms with Crippen LogP contribution in [0, 0.1) is 18.6 Å². The molecular weight excluding hydrogens is 474 g/mol. The molecule has 0 aliphatic heterocycles. The largest absolute Gasteiger partial charge is 0.493 e. The summed E-state index contributed by atoms with van der Waals surface area (Å²) in [4.78, 5) is 4.57. The van der Waals surface area contributed by atoms with Crippen LogP contribution in [-0.4, -0.2) is 34.9 Å². The van der Waals surface area contributed by atoms with E-state index in [0.29, 0.717) is 23.4 Å². The number of ether oxygens (including phenoxy) is 2. The summed E-state index contributed by atoms with van der Waals surface area (Å²) in [6.07, 6.45) is 2.19. The van der Waals surface area contributed by atoms with Crippen LogP contribution < -0.4 is 15.2 Å². The molecule has 0 saturated carbocycles. The van der Waals surface area contributed by atoms with Crippen LogP contribution in [-0.2, 0) is 6.42 Å². The second-order valence-corrected chi connectivity index (χ2v) is 8.87. The summed E-state index contributed by atoms with van der Waals surface area (Å²) in [5.74, 6) is -1.13. The first-order chi connectivity index (χ1) is 17.9. The van der Waals surface area contributed by atoms with Gasteiger partial charge in [-0.25, -0.2) is 8.78 Å². The minimum atomic E-state index is -0.807. The van der Waals surface area contributed by atoms with Crippen molar-refractivity contribution in [1.82, 2.24) is 15.2 Å². The first-order valence-electron chi connectivity index (χ1n) is 11.8. The maximum absolute atomic E-state index is 14.6. The van der Waals surface area contributed by atoms with Crippen molar-refractivity contribution in [3.05, 3.63) is 95.8 Å². The van der Waals surface area contributed by atoms with Crippen LogP contribution in [0.3, 0.4) is 0 Å². The fraction of sp³-hybridized carbons (Fsp3) is 0.172. The Kier molecular flexibility index (Phi) is 6.83. The van der Waals surface area contributed by atoms with Crippen molar-refractivity contribution in [2.75, 3.05) is 13.7 Å². The SMILES string of the molecule is COc1c(F)cc(F)cc1-c1ncc(OC[C@@H](N)Cc2ccccc2)cc1-c1ccc2[nH]nc(C)c2c1. The van der Waals surface area contributed by atoms with Crippen molar-refractivity contribution < 1.29 is 18.3 Å². The lowest BCUT2D eigenvalue weighted by Gasteiger charge is -2.17. The molecule has 0 spiro atoms. The molecule has 2 heterocycles. The number of hydrogen-bond donors (Lipinski definition) is 2. The van der Waals surface area contributed by atoms with Crippen molar-refractivity contribution in [2.45, 2.75) is 19.4 Å². The van der Waals surface area contributed by atoms with Crippen molar-refractivity contribution in [3.8, 4) is 33.9 Å². The van der Waals surface area contributed by atoms with Gasteiger partial charge in [-0.3, -0.25) is 10.1 Å². The Morgan fingerprint density at radius 2 is 1.81 bits per heavy atom. The number of aromatic amines is 1. The maximum atomic E-state index is 14.6. The third kappa shape index (κ3) is 5.15. The van der Waals surface area contributed by atoms with E-state index in [1.54, 1.807) is 6.07 Å². The quantitative estimate of drug-likeness (QED) is 0.280. The van der Waals surface area contributed by atoms with Gasteiger partial charge in [-0.15, -0.1) is 0 Å². The molecule has 0 aliphatic carbocycles. The molecule has 1 atom stereocenters. The van der Waals surface area contributed by atoms with Crippen LogP contribution in [0.1, 0.15) is 11.3 Å². The number of fused-ring (bicyclic) bond motifs is 1. The highest BCUT2D eigenvalue weighted by Crippen LogP contribution is 2.40. The summed E-state index contributed by atoms with van der Waals surface area (Å²) in [5.41, 5.74) is 11.1. The summed E-state index contributed by atoms with van der Waals surface area (Å²) >= 11 is 0. The van der Waals surface area contributed by atoms with E-state index in [-0.39, 0.29) is 24.0 Å². The van der Waals surface area contributed by atoms with Crippen LogP contribution >= 0.6 is 0 Å². The van der Waals surface area contributed by atoms with E-state index in [2.05, 4.69) is 15.2 Å². The molecule has 3 aromatic carbocycles. The number of nitrogens with one attached hydrogen (secondary N) is 1. The monoisotopic (exact) mass is 500 g/mol. The summed E-state index contributed by atoms with van der Waals surface area (Å²) in [6, 6.07) is 19.3. The van der Waals surface area contributed by atoms with Crippen molar-refractivity contribution in [2.24, 2.45) is 5.73 Å². The van der Waals surface area contributed by atoms with Gasteiger partial charge >= 0.3 is 0 Å². The molecule has 6 nitrogen and oxygen atoms in total. The predicted molar refractivity (Wildman–Crippen MR) is 140 cm³/mol. The average molecular weight is 501 g/mol. The average Bonchev–Trinajstić information content (AvgIpc) is 3.27. The first-order valence-corrected chi connectivity index (χ1v) is 11.8. The number of H-pyrrole nitrogens is 1. The summed E-state index contributed by atoms with van der Waals surface area (Å²) in [7, 11) is 1.34. The van der Waals surface area contributed by atoms with Gasteiger partial charge in [-0.2, -0.15) is 5.10 Å². The number of aryl methyl sites for hydroxylation is 1. The molecule has 5 rings (SSSR count). The molecule has 5 aromatic rings. The number of pyridine rings is 1. The second-order valence-electron chi connectivity index (χ2n) is 8.87. The van der Waals surface area contributed by atoms with Gasteiger partial charge in [0.05, 0.1) is 30.2 Å². The van der Waals surface area contributed by atoms with Gasteiger partial charge in [0.2, 0.25) is 0 Å². The zero-order chi connectivity index (χ0) is 25.9. The molecule has 0 radical (unpaired) electrons. The number of halogens is 2. The summed E-state index contributed by atoms with van der Waals surface area (Å²) < 4.78 is 40.1. The van der Waals surface area contributed by atoms with Crippen LogP contribution in [0.5, 0.6) is 11.5 Å². The number of rotatable bonds is 8. The fourth-order valence-electron chi connectivity index (χ4n) is 4.39. The van der Waals surface area contributed by atoms with Gasteiger partial charge in [0.25, 0.3) is 0 Å². The molecular formula is C29H26F2N4O2. The third-order valence-electron chi connectivity index (χ3n) is 6.20. The van der Waals surface area contributed by atoms with E-state index >= 15 is 0 Å². The maximum Gasteiger partial charge on any atom is 0.168 e. The zero-order valence-corrected chi connectivity index (χ0v) is 20.5. The highest BCUT2D eigenvalue weighted by Gasteiger charge is 2.20. The lowest BCUT2D eigenvalue weighted by Crippen LogP contribution is -2.30. The number of nitrogens with two attached hydrogens (primary N) is 1. The van der Waals surface area contributed by atoms with E-state index < -0.39 is 11.6 Å². The van der Waals surface area contributed by atoms with Gasteiger partial charge in [-0.05, 0) is 48.7 Å². The predicted octanol–water partition coefficient (Wildman–Crippen LogP) is 5.84. The highest BCUT2D eigenvalue weighted by atomic mass is 19.1. The van der Waals surface area contributed by atoms with E-state index in [4.69, 9.17) is 15.2 Å². The molecule has 2 aromatic heterocycles. The lowest BCUT2D eigenvalue weighted by molar-refractivity contribution is 0.287. The Bertz CT molecular complexity index is 1550. The van der Waals surface area contributed by atoms with Gasteiger partial charge in [-0.1, -0.05) is 36.4 Å². The van der Waals surface area contributed by atoms with E-state index in [9.17, 15) is 8.78 Å².